The SMILES string of the molecule is CCCc1ccc(S(=O)(=O)NCC(c2cccs2)N(C)C)cc1. The van der Waals surface area contributed by atoms with Crippen molar-refractivity contribution in [1.82, 2.24) is 9.62 Å². The van der Waals surface area contributed by atoms with E-state index in [1.54, 1.807) is 23.5 Å². The first-order valence-corrected chi connectivity index (χ1v) is 10.1. The fourth-order valence-electron chi connectivity index (χ4n) is 2.41. The van der Waals surface area contributed by atoms with Crippen LogP contribution < -0.4 is 4.72 Å². The largest absolute Gasteiger partial charge is 0.300 e. The average molecular weight is 353 g/mol. The Morgan fingerprint density at radius 2 is 1.87 bits per heavy atom. The molecule has 126 valence electrons. The van der Waals surface area contributed by atoms with Gasteiger partial charge in [-0.1, -0.05) is 31.5 Å². The van der Waals surface area contributed by atoms with E-state index in [2.05, 4.69) is 11.6 Å². The topological polar surface area (TPSA) is 49.4 Å². The van der Waals surface area contributed by atoms with Gasteiger partial charge in [-0.25, -0.2) is 13.1 Å². The molecule has 2 aromatic rings. The molecule has 0 aliphatic rings. The maximum Gasteiger partial charge on any atom is 0.240 e. The molecule has 0 saturated heterocycles. The zero-order chi connectivity index (χ0) is 16.9. The molecule has 6 heteroatoms. The van der Waals surface area contributed by atoms with E-state index in [1.807, 2.05) is 48.6 Å². The number of thiophene rings is 1. The van der Waals surface area contributed by atoms with E-state index in [9.17, 15) is 8.42 Å². The fourth-order valence-corrected chi connectivity index (χ4v) is 4.38. The Bertz CT molecular complexity index is 693. The Kier molecular flexibility index (Phi) is 6.35. The van der Waals surface area contributed by atoms with Gasteiger partial charge in [-0.15, -0.1) is 11.3 Å². The summed E-state index contributed by atoms with van der Waals surface area (Å²) in [5, 5.41) is 2.01. The molecule has 0 bridgehead atoms. The van der Waals surface area contributed by atoms with E-state index in [0.717, 1.165) is 23.3 Å². The summed E-state index contributed by atoms with van der Waals surface area (Å²) in [6.07, 6.45) is 2.02. The summed E-state index contributed by atoms with van der Waals surface area (Å²) in [6, 6.07) is 11.2. The molecule has 1 atom stereocenters. The summed E-state index contributed by atoms with van der Waals surface area (Å²) < 4.78 is 27.7. The molecule has 23 heavy (non-hydrogen) atoms. The van der Waals surface area contributed by atoms with E-state index >= 15 is 0 Å². The predicted octanol–water partition coefficient (Wildman–Crippen LogP) is 3.28. The molecule has 0 fully saturated rings. The van der Waals surface area contributed by atoms with Crippen molar-refractivity contribution < 1.29 is 8.42 Å². The number of aryl methyl sites for hydroxylation is 1. The highest BCUT2D eigenvalue weighted by Gasteiger charge is 2.20. The summed E-state index contributed by atoms with van der Waals surface area (Å²) in [5.74, 6) is 0. The summed E-state index contributed by atoms with van der Waals surface area (Å²) in [7, 11) is 0.429. The monoisotopic (exact) mass is 352 g/mol. The normalized spacial score (nSPS) is 13.4. The lowest BCUT2D eigenvalue weighted by atomic mass is 10.1. The van der Waals surface area contributed by atoms with Gasteiger partial charge in [0.15, 0.2) is 0 Å². The van der Waals surface area contributed by atoms with Crippen LogP contribution in [0.15, 0.2) is 46.7 Å². The first-order valence-electron chi connectivity index (χ1n) is 7.72. The van der Waals surface area contributed by atoms with Crippen molar-refractivity contribution in [2.24, 2.45) is 0 Å². The van der Waals surface area contributed by atoms with Crippen molar-refractivity contribution in [2.45, 2.75) is 30.7 Å². The van der Waals surface area contributed by atoms with Gasteiger partial charge in [-0.05, 0) is 49.7 Å². The van der Waals surface area contributed by atoms with E-state index in [4.69, 9.17) is 0 Å². The number of rotatable bonds is 8. The molecule has 1 N–H and O–H groups in total. The van der Waals surface area contributed by atoms with Crippen molar-refractivity contribution in [2.75, 3.05) is 20.6 Å². The van der Waals surface area contributed by atoms with Gasteiger partial charge in [0.2, 0.25) is 10.0 Å². The van der Waals surface area contributed by atoms with Crippen LogP contribution in [-0.4, -0.2) is 34.0 Å². The van der Waals surface area contributed by atoms with Crippen LogP contribution >= 0.6 is 11.3 Å². The molecule has 4 nitrogen and oxygen atoms in total. The molecule has 1 aromatic heterocycles. The first-order chi connectivity index (χ1) is 10.9. The number of hydrogen-bond acceptors (Lipinski definition) is 4. The highest BCUT2D eigenvalue weighted by molar-refractivity contribution is 7.89. The van der Waals surface area contributed by atoms with Gasteiger partial charge in [0.25, 0.3) is 0 Å². The Balaban J connectivity index is 2.08. The standard InChI is InChI=1S/C17H24N2O2S2/c1-4-6-14-8-10-15(11-9-14)23(20,21)18-13-16(19(2)3)17-7-5-12-22-17/h5,7-12,16,18H,4,6,13H2,1-3H3. The smallest absolute Gasteiger partial charge is 0.240 e. The van der Waals surface area contributed by atoms with Crippen LogP contribution in [0.3, 0.4) is 0 Å². The average Bonchev–Trinajstić information content (AvgIpc) is 3.02. The van der Waals surface area contributed by atoms with Gasteiger partial charge >= 0.3 is 0 Å². The van der Waals surface area contributed by atoms with E-state index in [1.165, 1.54) is 0 Å². The van der Waals surface area contributed by atoms with Crippen molar-refractivity contribution in [3.63, 3.8) is 0 Å². The molecule has 1 unspecified atom stereocenters. The second kappa shape index (κ2) is 8.06. The Hall–Kier alpha value is -1.21. The summed E-state index contributed by atoms with van der Waals surface area (Å²) in [6.45, 7) is 2.46. The van der Waals surface area contributed by atoms with Crippen molar-refractivity contribution in [1.29, 1.82) is 0 Å². The molecule has 2 rings (SSSR count). The minimum Gasteiger partial charge on any atom is -0.300 e. The van der Waals surface area contributed by atoms with Crippen molar-refractivity contribution >= 4 is 21.4 Å². The molecule has 1 heterocycles. The zero-order valence-corrected chi connectivity index (χ0v) is 15.5. The Labute approximate surface area is 143 Å². The van der Waals surface area contributed by atoms with Gasteiger partial charge in [0.05, 0.1) is 10.9 Å². The lowest BCUT2D eigenvalue weighted by Gasteiger charge is -2.23. The number of likely N-dealkylation sites (N-methyl/N-ethyl adjacent to an activating group) is 1. The summed E-state index contributed by atoms with van der Waals surface area (Å²) in [5.41, 5.74) is 1.16. The maximum atomic E-state index is 12.5. The number of benzene rings is 1. The second-order valence-corrected chi connectivity index (χ2v) is 8.49. The second-order valence-electron chi connectivity index (χ2n) is 5.74. The number of nitrogens with one attached hydrogen (secondary N) is 1. The van der Waals surface area contributed by atoms with Gasteiger partial charge in [-0.3, -0.25) is 0 Å². The van der Waals surface area contributed by atoms with Gasteiger partial charge in [0, 0.05) is 11.4 Å². The van der Waals surface area contributed by atoms with Crippen LogP contribution in [0.1, 0.15) is 29.8 Å². The molecule has 0 saturated carbocycles. The predicted molar refractivity (Wildman–Crippen MR) is 96.4 cm³/mol. The summed E-state index contributed by atoms with van der Waals surface area (Å²) >= 11 is 1.64. The first kappa shape index (κ1) is 18.1. The minimum atomic E-state index is -3.48. The summed E-state index contributed by atoms with van der Waals surface area (Å²) in [4.78, 5) is 3.50. The van der Waals surface area contributed by atoms with Gasteiger partial charge < -0.3 is 4.90 Å². The van der Waals surface area contributed by atoms with Gasteiger partial charge in [0.1, 0.15) is 0 Å². The Morgan fingerprint density at radius 3 is 2.39 bits per heavy atom. The van der Waals surface area contributed by atoms with E-state index in [-0.39, 0.29) is 6.04 Å². The van der Waals surface area contributed by atoms with Crippen molar-refractivity contribution in [3.8, 4) is 0 Å². The van der Waals surface area contributed by atoms with Crippen LogP contribution in [0, 0.1) is 0 Å². The molecule has 0 aliphatic carbocycles. The number of hydrogen-bond donors (Lipinski definition) is 1. The maximum absolute atomic E-state index is 12.5. The Morgan fingerprint density at radius 1 is 1.17 bits per heavy atom. The molecule has 0 aliphatic heterocycles. The molecule has 0 amide bonds. The number of sulfonamides is 1. The molecule has 0 spiro atoms. The molecule has 0 radical (unpaired) electrons. The molecular weight excluding hydrogens is 328 g/mol. The van der Waals surface area contributed by atoms with Crippen LogP contribution in [0.4, 0.5) is 0 Å². The van der Waals surface area contributed by atoms with Crippen LogP contribution in [0.25, 0.3) is 0 Å². The minimum absolute atomic E-state index is 0.0316. The molecular formula is C17H24N2O2S2. The van der Waals surface area contributed by atoms with Crippen LogP contribution in [-0.2, 0) is 16.4 Å². The third-order valence-corrected chi connectivity index (χ3v) is 6.15. The third-order valence-electron chi connectivity index (χ3n) is 3.73. The lowest BCUT2D eigenvalue weighted by Crippen LogP contribution is -2.34. The quantitative estimate of drug-likeness (QED) is 0.793. The third kappa shape index (κ3) is 4.88. The van der Waals surface area contributed by atoms with Crippen LogP contribution in [0.2, 0.25) is 0 Å². The highest BCUT2D eigenvalue weighted by Crippen LogP contribution is 2.23. The lowest BCUT2D eigenvalue weighted by molar-refractivity contribution is 0.303. The van der Waals surface area contributed by atoms with Gasteiger partial charge in [-0.2, -0.15) is 0 Å². The fraction of sp³-hybridized carbons (Fsp3) is 0.412. The number of nitrogens with zero attached hydrogens (tertiary/aromatic N) is 1. The van der Waals surface area contributed by atoms with Crippen molar-refractivity contribution in [3.05, 3.63) is 52.2 Å². The molecule has 1 aromatic carbocycles. The van der Waals surface area contributed by atoms with E-state index < -0.39 is 10.0 Å². The zero-order valence-electron chi connectivity index (χ0n) is 13.8. The van der Waals surface area contributed by atoms with E-state index in [0.29, 0.717) is 11.4 Å². The van der Waals surface area contributed by atoms with Crippen LogP contribution in [0.5, 0.6) is 0 Å². The highest BCUT2D eigenvalue weighted by atomic mass is 32.2.